The van der Waals surface area contributed by atoms with Crippen LogP contribution in [0.4, 0.5) is 0 Å². The third-order valence-electron chi connectivity index (χ3n) is 2.26. The first kappa shape index (κ1) is 10.2. The number of carbonyl (C=O) groups is 1. The van der Waals surface area contributed by atoms with E-state index >= 15 is 0 Å². The van der Waals surface area contributed by atoms with Crippen molar-refractivity contribution in [3.63, 3.8) is 0 Å². The molecule has 0 aliphatic carbocycles. The summed E-state index contributed by atoms with van der Waals surface area (Å²) in [5, 5.41) is 5.09. The second kappa shape index (κ2) is 5.72. The van der Waals surface area contributed by atoms with Gasteiger partial charge in [0, 0.05) is 6.54 Å². The van der Waals surface area contributed by atoms with Crippen molar-refractivity contribution in [2.24, 2.45) is 0 Å². The average molecular weight is 185 g/mol. The quantitative estimate of drug-likeness (QED) is 0.396. The number of carbonyl (C=O) groups excluding carboxylic acids is 1. The predicted molar refractivity (Wildman–Crippen MR) is 50.4 cm³/mol. The van der Waals surface area contributed by atoms with E-state index < -0.39 is 0 Å². The van der Waals surface area contributed by atoms with E-state index in [2.05, 4.69) is 17.2 Å². The number of rotatable bonds is 4. The lowest BCUT2D eigenvalue weighted by Gasteiger charge is -2.21. The lowest BCUT2D eigenvalue weighted by atomic mass is 10.3. The van der Waals surface area contributed by atoms with Crippen LogP contribution >= 0.6 is 0 Å². The van der Waals surface area contributed by atoms with Crippen molar-refractivity contribution in [1.29, 1.82) is 0 Å². The summed E-state index contributed by atoms with van der Waals surface area (Å²) in [4.78, 5) is 12.7. The third kappa shape index (κ3) is 4.05. The van der Waals surface area contributed by atoms with Crippen LogP contribution in [0.25, 0.3) is 0 Å². The summed E-state index contributed by atoms with van der Waals surface area (Å²) in [5.41, 5.74) is 0. The molecule has 4 heteroatoms. The van der Waals surface area contributed by atoms with E-state index in [1.807, 2.05) is 0 Å². The molecule has 0 aromatic rings. The van der Waals surface area contributed by atoms with Crippen molar-refractivity contribution in [2.75, 3.05) is 39.3 Å². The summed E-state index contributed by atoms with van der Waals surface area (Å²) in [6, 6.07) is 0. The maximum absolute atomic E-state index is 11.3. The average Bonchev–Trinajstić information content (AvgIpc) is 2.16. The highest BCUT2D eigenvalue weighted by Crippen LogP contribution is 1.63. The van der Waals surface area contributed by atoms with Gasteiger partial charge in [0.05, 0.1) is 0 Å². The van der Waals surface area contributed by atoms with Gasteiger partial charge in [0.1, 0.15) is 26.2 Å². The molecule has 0 radical (unpaired) electrons. The van der Waals surface area contributed by atoms with Gasteiger partial charge in [-0.2, -0.15) is 0 Å². The van der Waals surface area contributed by atoms with Crippen molar-refractivity contribution in [1.82, 2.24) is 5.32 Å². The molecule has 0 unspecified atom stereocenters. The Balaban J connectivity index is 2.14. The monoisotopic (exact) mass is 185 g/mol. The Hall–Kier alpha value is -0.870. The van der Waals surface area contributed by atoms with Crippen molar-refractivity contribution in [2.45, 2.75) is 0 Å². The Morgan fingerprint density at radius 2 is 2.23 bits per heavy atom. The molecule has 0 bridgehead atoms. The summed E-state index contributed by atoms with van der Waals surface area (Å²) in [6.45, 7) is 9.23. The molecule has 1 rings (SSSR count). The van der Waals surface area contributed by atoms with Gasteiger partial charge in [-0.15, -0.1) is 6.58 Å². The first-order valence-corrected chi connectivity index (χ1v) is 4.85. The van der Waals surface area contributed by atoms with Crippen LogP contribution in [0, 0.1) is 0 Å². The van der Waals surface area contributed by atoms with Crippen LogP contribution in [0.1, 0.15) is 0 Å². The van der Waals surface area contributed by atoms with Crippen molar-refractivity contribution in [3.8, 4) is 0 Å². The van der Waals surface area contributed by atoms with Gasteiger partial charge < -0.3 is 15.5 Å². The zero-order chi connectivity index (χ0) is 9.52. The van der Waals surface area contributed by atoms with Crippen LogP contribution in [0.2, 0.25) is 0 Å². The molecule has 1 heterocycles. The zero-order valence-corrected chi connectivity index (χ0v) is 8.01. The number of piperazine rings is 1. The topological polar surface area (TPSA) is 50.1 Å². The molecule has 0 aromatic carbocycles. The molecule has 0 aromatic heterocycles. The van der Waals surface area contributed by atoms with Gasteiger partial charge in [-0.3, -0.25) is 4.79 Å². The molecule has 1 aliphatic heterocycles. The standard InChI is InChI=1S/C9H17N3O/c1-2-3-11-9(13)8-12-6-4-10-5-7-12/h2,10H,1,3-8H2,(H,11,13)/p+2. The number of quaternary nitrogens is 2. The van der Waals surface area contributed by atoms with Crippen molar-refractivity contribution >= 4 is 5.91 Å². The minimum absolute atomic E-state index is 0.136. The molecule has 0 atom stereocenters. The molecule has 1 aliphatic rings. The Morgan fingerprint density at radius 3 is 2.85 bits per heavy atom. The first-order chi connectivity index (χ1) is 6.33. The molecule has 1 amide bonds. The van der Waals surface area contributed by atoms with Crippen molar-refractivity contribution < 1.29 is 15.0 Å². The van der Waals surface area contributed by atoms with Crippen LogP contribution < -0.4 is 15.5 Å². The summed E-state index contributed by atoms with van der Waals surface area (Å²) < 4.78 is 0. The fourth-order valence-electron chi connectivity index (χ4n) is 1.53. The smallest absolute Gasteiger partial charge is 0.275 e. The Kier molecular flexibility index (Phi) is 4.49. The molecule has 1 saturated heterocycles. The summed E-state index contributed by atoms with van der Waals surface area (Å²) >= 11 is 0. The van der Waals surface area contributed by atoms with Gasteiger partial charge in [0.15, 0.2) is 6.54 Å². The highest BCUT2D eigenvalue weighted by atomic mass is 16.2. The normalized spacial score (nSPS) is 18.2. The third-order valence-corrected chi connectivity index (χ3v) is 2.26. The lowest BCUT2D eigenvalue weighted by Crippen LogP contribution is -3.21. The van der Waals surface area contributed by atoms with E-state index in [1.54, 1.807) is 6.08 Å². The number of hydrogen-bond donors (Lipinski definition) is 3. The highest BCUT2D eigenvalue weighted by Gasteiger charge is 2.17. The van der Waals surface area contributed by atoms with Gasteiger partial charge >= 0.3 is 0 Å². The van der Waals surface area contributed by atoms with Gasteiger partial charge in [-0.1, -0.05) is 6.08 Å². The Bertz CT molecular complexity index is 176. The Labute approximate surface area is 79.0 Å². The molecule has 4 nitrogen and oxygen atoms in total. The molecular weight excluding hydrogens is 166 g/mol. The summed E-state index contributed by atoms with van der Waals surface area (Å²) in [7, 11) is 0. The van der Waals surface area contributed by atoms with Gasteiger partial charge in [-0.05, 0) is 0 Å². The molecular formula is C9H19N3O+2. The molecule has 1 fully saturated rings. The van der Waals surface area contributed by atoms with Gasteiger partial charge in [-0.25, -0.2) is 0 Å². The zero-order valence-electron chi connectivity index (χ0n) is 8.01. The fraction of sp³-hybridized carbons (Fsp3) is 0.667. The molecule has 0 saturated carbocycles. The van der Waals surface area contributed by atoms with Crippen LogP contribution in [0.5, 0.6) is 0 Å². The maximum Gasteiger partial charge on any atom is 0.275 e. The van der Waals surface area contributed by atoms with E-state index in [1.165, 1.54) is 4.90 Å². The van der Waals surface area contributed by atoms with Gasteiger partial charge in [0.2, 0.25) is 0 Å². The van der Waals surface area contributed by atoms with Crippen molar-refractivity contribution in [3.05, 3.63) is 12.7 Å². The molecule has 13 heavy (non-hydrogen) atoms. The number of hydrogen-bond acceptors (Lipinski definition) is 1. The van der Waals surface area contributed by atoms with E-state index in [-0.39, 0.29) is 5.91 Å². The van der Waals surface area contributed by atoms with Crippen LogP contribution in [0.3, 0.4) is 0 Å². The van der Waals surface area contributed by atoms with E-state index in [4.69, 9.17) is 0 Å². The summed E-state index contributed by atoms with van der Waals surface area (Å²) in [5.74, 6) is 0.136. The SMILES string of the molecule is C=CCNC(=O)C[NH+]1CC[NH2+]CC1. The summed E-state index contributed by atoms with van der Waals surface area (Å²) in [6.07, 6.45) is 1.71. The lowest BCUT2D eigenvalue weighted by molar-refractivity contribution is -0.940. The van der Waals surface area contributed by atoms with E-state index in [0.717, 1.165) is 26.2 Å². The Morgan fingerprint density at radius 1 is 1.54 bits per heavy atom. The van der Waals surface area contributed by atoms with Crippen LogP contribution in [-0.4, -0.2) is 45.2 Å². The number of nitrogens with one attached hydrogen (secondary N) is 2. The number of amides is 1. The van der Waals surface area contributed by atoms with Gasteiger partial charge in [0.25, 0.3) is 5.91 Å². The molecule has 4 N–H and O–H groups in total. The molecule has 74 valence electrons. The largest absolute Gasteiger partial charge is 0.348 e. The second-order valence-corrected chi connectivity index (χ2v) is 3.39. The van der Waals surface area contributed by atoms with E-state index in [0.29, 0.717) is 13.1 Å². The minimum atomic E-state index is 0.136. The predicted octanol–water partition coefficient (Wildman–Crippen LogP) is -3.25. The highest BCUT2D eigenvalue weighted by molar-refractivity contribution is 5.76. The number of nitrogens with two attached hydrogens (primary N) is 1. The molecule has 0 spiro atoms. The first-order valence-electron chi connectivity index (χ1n) is 4.85. The van der Waals surface area contributed by atoms with Crippen LogP contribution in [0.15, 0.2) is 12.7 Å². The second-order valence-electron chi connectivity index (χ2n) is 3.39. The van der Waals surface area contributed by atoms with E-state index in [9.17, 15) is 4.79 Å². The fourth-order valence-corrected chi connectivity index (χ4v) is 1.53. The minimum Gasteiger partial charge on any atom is -0.348 e. The maximum atomic E-state index is 11.3. The van der Waals surface area contributed by atoms with Crippen LogP contribution in [-0.2, 0) is 4.79 Å².